The molecule has 26 heavy (non-hydrogen) atoms. The van der Waals surface area contributed by atoms with Crippen LogP contribution in [0.25, 0.3) is 6.08 Å². The number of carbonyl (C=O) groups is 2. The molecule has 2 amide bonds. The fourth-order valence-electron chi connectivity index (χ4n) is 2.76. The maximum Gasteiger partial charge on any atom is 0.270 e. The van der Waals surface area contributed by atoms with Crippen molar-refractivity contribution >= 4 is 23.6 Å². The van der Waals surface area contributed by atoms with E-state index in [1.165, 1.54) is 0 Å². The van der Waals surface area contributed by atoms with Crippen LogP contribution in [0.4, 0.5) is 5.69 Å². The summed E-state index contributed by atoms with van der Waals surface area (Å²) in [5.74, 6) is -0.252. The van der Waals surface area contributed by atoms with Gasteiger partial charge in [-0.2, -0.15) is 0 Å². The molecule has 1 aromatic carbocycles. The molecular formula is C21H31N3O2. The number of rotatable bonds is 4. The lowest BCUT2D eigenvalue weighted by molar-refractivity contribution is -0.132. The summed E-state index contributed by atoms with van der Waals surface area (Å²) in [4.78, 5) is 29.3. The summed E-state index contributed by atoms with van der Waals surface area (Å²) in [5.41, 5.74) is 1.77. The number of likely N-dealkylation sites (tertiary alicyclic amines) is 1. The highest BCUT2D eigenvalue weighted by molar-refractivity contribution is 6.02. The van der Waals surface area contributed by atoms with Crippen molar-refractivity contribution in [2.75, 3.05) is 32.1 Å². The Labute approximate surface area is 157 Å². The Balaban J connectivity index is 2.29. The number of anilines is 1. The zero-order chi connectivity index (χ0) is 19.3. The van der Waals surface area contributed by atoms with E-state index >= 15 is 0 Å². The molecule has 1 N–H and O–H groups in total. The standard InChI is InChI=1S/C21H31N3O2/c1-21(2,3)20(26)22-18(19(25)24-13-7-6-8-14-24)15-16-9-11-17(12-10-16)23(4)5/h9-12,15H,6-8,13-14H2,1-5H3,(H,22,26)/b18-15-. The van der Waals surface area contributed by atoms with Crippen LogP contribution in [-0.2, 0) is 9.59 Å². The van der Waals surface area contributed by atoms with E-state index in [-0.39, 0.29) is 11.8 Å². The first-order valence-corrected chi connectivity index (χ1v) is 9.28. The normalized spacial score (nSPS) is 15.6. The van der Waals surface area contributed by atoms with Gasteiger partial charge in [-0.05, 0) is 43.0 Å². The first kappa shape index (κ1) is 20.0. The lowest BCUT2D eigenvalue weighted by atomic mass is 9.95. The fourth-order valence-corrected chi connectivity index (χ4v) is 2.76. The van der Waals surface area contributed by atoms with Crippen LogP contribution >= 0.6 is 0 Å². The van der Waals surface area contributed by atoms with Crippen LogP contribution in [0.2, 0.25) is 0 Å². The molecule has 0 radical (unpaired) electrons. The van der Waals surface area contributed by atoms with E-state index in [4.69, 9.17) is 0 Å². The zero-order valence-electron chi connectivity index (χ0n) is 16.6. The number of piperidine rings is 1. The highest BCUT2D eigenvalue weighted by atomic mass is 16.2. The molecule has 1 fully saturated rings. The van der Waals surface area contributed by atoms with Crippen LogP contribution in [0.15, 0.2) is 30.0 Å². The van der Waals surface area contributed by atoms with Gasteiger partial charge in [-0.3, -0.25) is 9.59 Å². The highest BCUT2D eigenvalue weighted by Gasteiger charge is 2.26. The van der Waals surface area contributed by atoms with Crippen molar-refractivity contribution in [2.24, 2.45) is 5.41 Å². The number of carbonyl (C=O) groups excluding carboxylic acids is 2. The highest BCUT2D eigenvalue weighted by Crippen LogP contribution is 2.19. The van der Waals surface area contributed by atoms with Crippen LogP contribution in [0.3, 0.4) is 0 Å². The van der Waals surface area contributed by atoms with E-state index in [1.807, 2.05) is 68.9 Å². The molecule has 0 spiro atoms. The van der Waals surface area contributed by atoms with E-state index in [2.05, 4.69) is 5.32 Å². The Morgan fingerprint density at radius 3 is 2.12 bits per heavy atom. The second-order valence-electron chi connectivity index (χ2n) is 8.10. The Morgan fingerprint density at radius 2 is 1.62 bits per heavy atom. The van der Waals surface area contributed by atoms with Crippen molar-refractivity contribution in [2.45, 2.75) is 40.0 Å². The number of amides is 2. The van der Waals surface area contributed by atoms with Gasteiger partial charge in [0, 0.05) is 38.3 Å². The average molecular weight is 357 g/mol. The SMILES string of the molecule is CN(C)c1ccc(/C=C(\NC(=O)C(C)(C)C)C(=O)N2CCCCC2)cc1. The minimum absolute atomic E-state index is 0.0982. The molecule has 1 aliphatic rings. The Hall–Kier alpha value is -2.30. The fraction of sp³-hybridized carbons (Fsp3) is 0.524. The summed E-state index contributed by atoms with van der Waals surface area (Å²) in [5, 5.41) is 2.86. The van der Waals surface area contributed by atoms with Gasteiger partial charge in [0.05, 0.1) is 0 Å². The lowest BCUT2D eigenvalue weighted by Crippen LogP contribution is -2.43. The predicted molar refractivity (Wildman–Crippen MR) is 107 cm³/mol. The summed E-state index contributed by atoms with van der Waals surface area (Å²) in [6, 6.07) is 7.92. The van der Waals surface area contributed by atoms with E-state index in [0.717, 1.165) is 43.6 Å². The van der Waals surface area contributed by atoms with Crippen molar-refractivity contribution in [1.82, 2.24) is 10.2 Å². The number of hydrogen-bond donors (Lipinski definition) is 1. The third-order valence-corrected chi connectivity index (χ3v) is 4.52. The van der Waals surface area contributed by atoms with Crippen LogP contribution in [0.5, 0.6) is 0 Å². The number of hydrogen-bond acceptors (Lipinski definition) is 3. The monoisotopic (exact) mass is 357 g/mol. The third kappa shape index (κ3) is 5.35. The second kappa shape index (κ2) is 8.39. The summed E-state index contributed by atoms with van der Waals surface area (Å²) >= 11 is 0. The summed E-state index contributed by atoms with van der Waals surface area (Å²) in [6.45, 7) is 7.04. The lowest BCUT2D eigenvalue weighted by Gasteiger charge is -2.28. The summed E-state index contributed by atoms with van der Waals surface area (Å²) < 4.78 is 0. The number of nitrogens with zero attached hydrogens (tertiary/aromatic N) is 2. The van der Waals surface area contributed by atoms with Crippen LogP contribution < -0.4 is 10.2 Å². The summed E-state index contributed by atoms with van der Waals surface area (Å²) in [7, 11) is 3.97. The molecule has 5 nitrogen and oxygen atoms in total. The molecule has 0 atom stereocenters. The molecule has 1 saturated heterocycles. The minimum Gasteiger partial charge on any atom is -0.378 e. The molecule has 2 rings (SSSR count). The Kier molecular flexibility index (Phi) is 6.46. The first-order chi connectivity index (χ1) is 12.2. The molecule has 0 saturated carbocycles. The maximum absolute atomic E-state index is 13.0. The largest absolute Gasteiger partial charge is 0.378 e. The van der Waals surface area contributed by atoms with Gasteiger partial charge in [-0.25, -0.2) is 0 Å². The molecule has 1 aliphatic heterocycles. The average Bonchev–Trinajstić information content (AvgIpc) is 2.60. The molecule has 0 aromatic heterocycles. The van der Waals surface area contributed by atoms with Gasteiger partial charge in [-0.15, -0.1) is 0 Å². The van der Waals surface area contributed by atoms with Crippen LogP contribution in [-0.4, -0.2) is 43.9 Å². The molecule has 1 aromatic rings. The molecular weight excluding hydrogens is 326 g/mol. The van der Waals surface area contributed by atoms with Crippen molar-refractivity contribution in [1.29, 1.82) is 0 Å². The predicted octanol–water partition coefficient (Wildman–Crippen LogP) is 3.27. The maximum atomic E-state index is 13.0. The Morgan fingerprint density at radius 1 is 1.04 bits per heavy atom. The van der Waals surface area contributed by atoms with Gasteiger partial charge in [0.25, 0.3) is 5.91 Å². The second-order valence-corrected chi connectivity index (χ2v) is 8.10. The van der Waals surface area contributed by atoms with Gasteiger partial charge < -0.3 is 15.1 Å². The summed E-state index contributed by atoms with van der Waals surface area (Å²) in [6.07, 6.45) is 4.97. The molecule has 0 unspecified atom stereocenters. The molecule has 0 bridgehead atoms. The van der Waals surface area contributed by atoms with Crippen molar-refractivity contribution < 1.29 is 9.59 Å². The van der Waals surface area contributed by atoms with E-state index < -0.39 is 5.41 Å². The smallest absolute Gasteiger partial charge is 0.270 e. The topological polar surface area (TPSA) is 52.7 Å². The van der Waals surface area contributed by atoms with Crippen molar-refractivity contribution in [3.63, 3.8) is 0 Å². The zero-order valence-corrected chi connectivity index (χ0v) is 16.6. The van der Waals surface area contributed by atoms with Crippen LogP contribution in [0.1, 0.15) is 45.6 Å². The third-order valence-electron chi connectivity index (χ3n) is 4.52. The number of nitrogens with one attached hydrogen (secondary N) is 1. The molecule has 0 aliphatic carbocycles. The van der Waals surface area contributed by atoms with E-state index in [1.54, 1.807) is 6.08 Å². The first-order valence-electron chi connectivity index (χ1n) is 9.28. The minimum atomic E-state index is -0.559. The number of benzene rings is 1. The van der Waals surface area contributed by atoms with Crippen LogP contribution in [0, 0.1) is 5.41 Å². The van der Waals surface area contributed by atoms with Gasteiger partial charge in [-0.1, -0.05) is 32.9 Å². The van der Waals surface area contributed by atoms with Crippen molar-refractivity contribution in [3.8, 4) is 0 Å². The van der Waals surface area contributed by atoms with Gasteiger partial charge in [0.2, 0.25) is 5.91 Å². The van der Waals surface area contributed by atoms with Gasteiger partial charge >= 0.3 is 0 Å². The van der Waals surface area contributed by atoms with E-state index in [9.17, 15) is 9.59 Å². The van der Waals surface area contributed by atoms with Gasteiger partial charge in [0.1, 0.15) is 5.70 Å². The van der Waals surface area contributed by atoms with Crippen molar-refractivity contribution in [3.05, 3.63) is 35.5 Å². The molecule has 5 heteroatoms. The van der Waals surface area contributed by atoms with Gasteiger partial charge in [0.15, 0.2) is 0 Å². The molecule has 1 heterocycles. The molecule has 142 valence electrons. The Bertz CT molecular complexity index is 663. The van der Waals surface area contributed by atoms with E-state index in [0.29, 0.717) is 5.70 Å². The quantitative estimate of drug-likeness (QED) is 0.842.